The Kier molecular flexibility index (Phi) is 3.99. The van der Waals surface area contributed by atoms with Crippen LogP contribution in [0.2, 0.25) is 0 Å². The first-order chi connectivity index (χ1) is 9.04. The molecule has 19 heavy (non-hydrogen) atoms. The fraction of sp³-hybridized carbons (Fsp3) is 0.615. The second kappa shape index (κ2) is 5.52. The Balaban J connectivity index is 2.10. The lowest BCUT2D eigenvalue weighted by molar-refractivity contribution is 0.542. The summed E-state index contributed by atoms with van der Waals surface area (Å²) in [7, 11) is 1.95. The summed E-state index contributed by atoms with van der Waals surface area (Å²) in [6, 6.07) is 0.247. The van der Waals surface area contributed by atoms with Crippen LogP contribution in [-0.4, -0.2) is 24.5 Å². The number of aromatic nitrogens is 5. The van der Waals surface area contributed by atoms with Gasteiger partial charge in [0.25, 0.3) is 0 Å². The van der Waals surface area contributed by atoms with Gasteiger partial charge in [-0.3, -0.25) is 4.68 Å². The van der Waals surface area contributed by atoms with Crippen LogP contribution >= 0.6 is 0 Å². The van der Waals surface area contributed by atoms with Gasteiger partial charge in [-0.2, -0.15) is 5.10 Å². The molecule has 0 radical (unpaired) electrons. The van der Waals surface area contributed by atoms with Crippen molar-refractivity contribution in [1.29, 1.82) is 0 Å². The molecule has 0 fully saturated rings. The summed E-state index contributed by atoms with van der Waals surface area (Å²) in [5.74, 6) is 0.935. The van der Waals surface area contributed by atoms with Gasteiger partial charge in [0.15, 0.2) is 0 Å². The fourth-order valence-electron chi connectivity index (χ4n) is 2.46. The second-order valence-corrected chi connectivity index (χ2v) is 4.86. The van der Waals surface area contributed by atoms with Crippen LogP contribution in [0, 0.1) is 13.8 Å². The van der Waals surface area contributed by atoms with Crippen LogP contribution in [0.3, 0.4) is 0 Å². The molecule has 2 rings (SSSR count). The smallest absolute Gasteiger partial charge is 0.146 e. The van der Waals surface area contributed by atoms with Gasteiger partial charge in [-0.05, 0) is 27.7 Å². The van der Waals surface area contributed by atoms with Gasteiger partial charge in [0.2, 0.25) is 0 Å². The summed E-state index contributed by atoms with van der Waals surface area (Å²) in [5, 5.41) is 16.0. The molecule has 1 unspecified atom stereocenters. The molecule has 0 aliphatic heterocycles. The van der Waals surface area contributed by atoms with E-state index in [4.69, 9.17) is 0 Å². The second-order valence-electron chi connectivity index (χ2n) is 4.86. The van der Waals surface area contributed by atoms with Gasteiger partial charge in [-0.15, -0.1) is 10.2 Å². The average Bonchev–Trinajstić information content (AvgIpc) is 2.90. The predicted octanol–water partition coefficient (Wildman–Crippen LogP) is 1.50. The van der Waals surface area contributed by atoms with Crippen LogP contribution in [-0.2, 0) is 20.1 Å². The summed E-state index contributed by atoms with van der Waals surface area (Å²) in [4.78, 5) is 0. The van der Waals surface area contributed by atoms with Gasteiger partial charge < -0.3 is 9.88 Å². The van der Waals surface area contributed by atoms with Crippen LogP contribution in [0.15, 0.2) is 6.33 Å². The van der Waals surface area contributed by atoms with Crippen molar-refractivity contribution in [1.82, 2.24) is 29.9 Å². The normalized spacial score (nSPS) is 12.9. The Morgan fingerprint density at radius 2 is 2.11 bits per heavy atom. The van der Waals surface area contributed by atoms with Crippen molar-refractivity contribution in [3.05, 3.63) is 29.1 Å². The lowest BCUT2D eigenvalue weighted by Gasteiger charge is -2.14. The minimum atomic E-state index is 0.247. The van der Waals surface area contributed by atoms with Crippen LogP contribution in [0.25, 0.3) is 0 Å². The highest BCUT2D eigenvalue weighted by molar-refractivity contribution is 5.27. The molecule has 6 nitrogen and oxygen atoms in total. The monoisotopic (exact) mass is 262 g/mol. The molecule has 0 aliphatic rings. The average molecular weight is 262 g/mol. The zero-order valence-electron chi connectivity index (χ0n) is 12.3. The molecule has 1 N–H and O–H groups in total. The number of nitrogens with zero attached hydrogens (tertiary/aromatic N) is 5. The van der Waals surface area contributed by atoms with Crippen molar-refractivity contribution >= 4 is 0 Å². The maximum atomic E-state index is 4.56. The third kappa shape index (κ3) is 2.68. The lowest BCUT2D eigenvalue weighted by atomic mass is 10.1. The molecule has 0 saturated carbocycles. The Labute approximate surface area is 113 Å². The Bertz CT molecular complexity index is 553. The van der Waals surface area contributed by atoms with E-state index in [2.05, 4.69) is 48.3 Å². The molecule has 1 atom stereocenters. The Morgan fingerprint density at radius 1 is 1.37 bits per heavy atom. The largest absolute Gasteiger partial charge is 0.320 e. The molecule has 0 bridgehead atoms. The molecular formula is C13H22N6. The van der Waals surface area contributed by atoms with Gasteiger partial charge in [0, 0.05) is 30.9 Å². The zero-order valence-corrected chi connectivity index (χ0v) is 12.3. The van der Waals surface area contributed by atoms with Gasteiger partial charge in [-0.25, -0.2) is 0 Å². The molecule has 6 heteroatoms. The van der Waals surface area contributed by atoms with Crippen molar-refractivity contribution < 1.29 is 0 Å². The first-order valence-corrected chi connectivity index (χ1v) is 6.64. The number of hydrogen-bond donors (Lipinski definition) is 1. The molecule has 0 amide bonds. The Morgan fingerprint density at radius 3 is 2.63 bits per heavy atom. The minimum absolute atomic E-state index is 0.247. The first kappa shape index (κ1) is 13.7. The number of aryl methyl sites for hydroxylation is 3. The van der Waals surface area contributed by atoms with Crippen molar-refractivity contribution in [3.8, 4) is 0 Å². The summed E-state index contributed by atoms with van der Waals surface area (Å²) >= 11 is 0. The van der Waals surface area contributed by atoms with E-state index < -0.39 is 0 Å². The van der Waals surface area contributed by atoms with E-state index in [0.29, 0.717) is 6.54 Å². The fourth-order valence-corrected chi connectivity index (χ4v) is 2.46. The highest BCUT2D eigenvalue weighted by Crippen LogP contribution is 2.21. The summed E-state index contributed by atoms with van der Waals surface area (Å²) in [6.45, 7) is 10.1. The van der Waals surface area contributed by atoms with Gasteiger partial charge in [0.1, 0.15) is 12.2 Å². The SMILES string of the molecule is CCn1nc(C)c(C(C)NCc2nncn2C)c1C. The number of rotatable bonds is 5. The van der Waals surface area contributed by atoms with Crippen molar-refractivity contribution in [2.45, 2.75) is 46.8 Å². The van der Waals surface area contributed by atoms with Crippen LogP contribution in [0.5, 0.6) is 0 Å². The summed E-state index contributed by atoms with van der Waals surface area (Å²) in [6.07, 6.45) is 1.72. The number of hydrogen-bond acceptors (Lipinski definition) is 4. The molecular weight excluding hydrogens is 240 g/mol. The van der Waals surface area contributed by atoms with Gasteiger partial charge in [-0.1, -0.05) is 0 Å². The van der Waals surface area contributed by atoms with Crippen molar-refractivity contribution in [2.24, 2.45) is 7.05 Å². The van der Waals surface area contributed by atoms with E-state index in [1.165, 1.54) is 11.3 Å². The van der Waals surface area contributed by atoms with Crippen molar-refractivity contribution in [3.63, 3.8) is 0 Å². The molecule has 0 spiro atoms. The standard InChI is InChI=1S/C13H22N6/c1-6-19-11(4)13(10(3)17-19)9(2)14-7-12-16-15-8-18(12)5/h8-9,14H,6-7H2,1-5H3. The third-order valence-electron chi connectivity index (χ3n) is 3.54. The molecule has 2 aromatic rings. The molecule has 104 valence electrons. The van der Waals surface area contributed by atoms with Crippen molar-refractivity contribution in [2.75, 3.05) is 0 Å². The highest BCUT2D eigenvalue weighted by atomic mass is 15.3. The van der Waals surface area contributed by atoms with E-state index in [1.54, 1.807) is 6.33 Å². The molecule has 0 aliphatic carbocycles. The van der Waals surface area contributed by atoms with E-state index in [-0.39, 0.29) is 6.04 Å². The Hall–Kier alpha value is -1.69. The number of nitrogens with one attached hydrogen (secondary N) is 1. The van der Waals surface area contributed by atoms with Gasteiger partial charge >= 0.3 is 0 Å². The predicted molar refractivity (Wildman–Crippen MR) is 73.6 cm³/mol. The third-order valence-corrected chi connectivity index (χ3v) is 3.54. The molecule has 2 heterocycles. The van der Waals surface area contributed by atoms with Crippen LogP contribution in [0.4, 0.5) is 0 Å². The van der Waals surface area contributed by atoms with Crippen LogP contribution < -0.4 is 5.32 Å². The minimum Gasteiger partial charge on any atom is -0.320 e. The van der Waals surface area contributed by atoms with E-state index in [0.717, 1.165) is 18.1 Å². The van der Waals surface area contributed by atoms with E-state index in [1.807, 2.05) is 16.3 Å². The maximum absolute atomic E-state index is 4.56. The van der Waals surface area contributed by atoms with Crippen LogP contribution in [0.1, 0.15) is 42.7 Å². The molecule has 0 aromatic carbocycles. The van der Waals surface area contributed by atoms with Gasteiger partial charge in [0.05, 0.1) is 12.2 Å². The quantitative estimate of drug-likeness (QED) is 0.887. The maximum Gasteiger partial charge on any atom is 0.146 e. The zero-order chi connectivity index (χ0) is 14.0. The lowest BCUT2D eigenvalue weighted by Crippen LogP contribution is -2.21. The molecule has 0 saturated heterocycles. The summed E-state index contributed by atoms with van der Waals surface area (Å²) < 4.78 is 3.97. The molecule has 2 aromatic heterocycles. The topological polar surface area (TPSA) is 60.6 Å². The van der Waals surface area contributed by atoms with E-state index in [9.17, 15) is 0 Å². The van der Waals surface area contributed by atoms with E-state index >= 15 is 0 Å². The first-order valence-electron chi connectivity index (χ1n) is 6.64. The highest BCUT2D eigenvalue weighted by Gasteiger charge is 2.17. The summed E-state index contributed by atoms with van der Waals surface area (Å²) in [5.41, 5.74) is 3.61.